The molecule has 0 fully saturated rings. The van der Waals surface area contributed by atoms with Gasteiger partial charge in [-0.05, 0) is 49.6 Å². The van der Waals surface area contributed by atoms with Gasteiger partial charge in [0.05, 0.1) is 0 Å². The van der Waals surface area contributed by atoms with Crippen LogP contribution in [0.1, 0.15) is 48.3 Å². The molecule has 258 valence electrons. The van der Waals surface area contributed by atoms with Crippen molar-refractivity contribution in [2.75, 3.05) is 13.2 Å². The fourth-order valence-electron chi connectivity index (χ4n) is 5.90. The highest BCUT2D eigenvalue weighted by Crippen LogP contribution is 2.45. The number of esters is 2. The number of rotatable bonds is 14. The van der Waals surface area contributed by atoms with Crippen LogP contribution < -0.4 is 14.2 Å². The minimum absolute atomic E-state index is 0.0607. The van der Waals surface area contributed by atoms with Crippen LogP contribution >= 0.6 is 0 Å². The van der Waals surface area contributed by atoms with Crippen molar-refractivity contribution in [2.45, 2.75) is 38.9 Å². The third-order valence-electron chi connectivity index (χ3n) is 8.50. The molecule has 7 heteroatoms. The molecule has 51 heavy (non-hydrogen) atoms. The predicted molar refractivity (Wildman–Crippen MR) is 198 cm³/mol. The van der Waals surface area contributed by atoms with Crippen molar-refractivity contribution in [3.05, 3.63) is 174 Å². The molecule has 0 heterocycles. The SMILES string of the molecule is C=C(C)C(=O)OC(COc1c2c(c(OCC(OC(=O)C(=C)C)c3ccccc3)c3ccccc13)CC(Oc1ccccc1)=CC2)c1ccccc1. The zero-order valence-corrected chi connectivity index (χ0v) is 28.8. The van der Waals surface area contributed by atoms with E-state index >= 15 is 0 Å². The summed E-state index contributed by atoms with van der Waals surface area (Å²) < 4.78 is 31.5. The van der Waals surface area contributed by atoms with Gasteiger partial charge in [-0.1, -0.05) is 116 Å². The molecule has 0 saturated carbocycles. The van der Waals surface area contributed by atoms with Crippen molar-refractivity contribution in [3.63, 3.8) is 0 Å². The van der Waals surface area contributed by atoms with E-state index in [1.54, 1.807) is 13.8 Å². The van der Waals surface area contributed by atoms with Crippen molar-refractivity contribution in [1.29, 1.82) is 0 Å². The Kier molecular flexibility index (Phi) is 11.0. The van der Waals surface area contributed by atoms with Crippen LogP contribution in [0.25, 0.3) is 10.8 Å². The smallest absolute Gasteiger partial charge is 0.333 e. The van der Waals surface area contributed by atoms with Crippen molar-refractivity contribution in [1.82, 2.24) is 0 Å². The Labute approximate surface area is 298 Å². The third kappa shape index (κ3) is 8.39. The summed E-state index contributed by atoms with van der Waals surface area (Å²) in [5.74, 6) is 1.83. The first-order chi connectivity index (χ1) is 24.8. The van der Waals surface area contributed by atoms with Gasteiger partial charge >= 0.3 is 11.9 Å². The summed E-state index contributed by atoms with van der Waals surface area (Å²) in [6.07, 6.45) is 1.62. The molecule has 1 aliphatic rings. The number of carbonyl (C=O) groups excluding carboxylic acids is 2. The van der Waals surface area contributed by atoms with Gasteiger partial charge in [0, 0.05) is 39.5 Å². The van der Waals surface area contributed by atoms with Crippen LogP contribution in [0.15, 0.2) is 151 Å². The van der Waals surface area contributed by atoms with E-state index in [2.05, 4.69) is 19.2 Å². The number of ether oxygens (including phenoxy) is 5. The van der Waals surface area contributed by atoms with Gasteiger partial charge in [0.2, 0.25) is 0 Å². The number of fused-ring (bicyclic) bond motifs is 2. The molecule has 5 aromatic rings. The molecule has 5 aromatic carbocycles. The Bertz CT molecular complexity index is 2070. The fraction of sp³-hybridized carbons (Fsp3) is 0.182. The topological polar surface area (TPSA) is 80.3 Å². The zero-order valence-electron chi connectivity index (χ0n) is 28.8. The van der Waals surface area contributed by atoms with Crippen molar-refractivity contribution in [3.8, 4) is 17.2 Å². The van der Waals surface area contributed by atoms with Gasteiger partial charge in [-0.25, -0.2) is 9.59 Å². The minimum Gasteiger partial charge on any atom is -0.488 e. The summed E-state index contributed by atoms with van der Waals surface area (Å²) in [5.41, 5.74) is 4.03. The normalized spacial score (nSPS) is 13.2. The van der Waals surface area contributed by atoms with E-state index in [-0.39, 0.29) is 13.2 Å². The number of carbonyl (C=O) groups is 2. The molecule has 0 saturated heterocycles. The van der Waals surface area contributed by atoms with Crippen molar-refractivity contribution < 1.29 is 33.3 Å². The molecular weight excluding hydrogens is 640 g/mol. The van der Waals surface area contributed by atoms with Crippen LogP contribution in [0.2, 0.25) is 0 Å². The van der Waals surface area contributed by atoms with E-state index in [1.807, 2.05) is 115 Å². The van der Waals surface area contributed by atoms with E-state index in [9.17, 15) is 9.59 Å². The van der Waals surface area contributed by atoms with Gasteiger partial charge in [-0.3, -0.25) is 0 Å². The number of hydrogen-bond acceptors (Lipinski definition) is 7. The van der Waals surface area contributed by atoms with Crippen LogP contribution in [-0.2, 0) is 31.9 Å². The summed E-state index contributed by atoms with van der Waals surface area (Å²) >= 11 is 0. The molecule has 6 rings (SSSR count). The molecule has 2 atom stereocenters. The van der Waals surface area contributed by atoms with Crippen molar-refractivity contribution >= 4 is 22.7 Å². The maximum absolute atomic E-state index is 12.7. The summed E-state index contributed by atoms with van der Waals surface area (Å²) in [4.78, 5) is 25.4. The Morgan fingerprint density at radius 2 is 1.04 bits per heavy atom. The van der Waals surface area contributed by atoms with Crippen molar-refractivity contribution in [2.24, 2.45) is 0 Å². The largest absolute Gasteiger partial charge is 0.488 e. The number of allylic oxidation sites excluding steroid dienone is 2. The maximum Gasteiger partial charge on any atom is 0.333 e. The first kappa shape index (κ1) is 34.8. The van der Waals surface area contributed by atoms with E-state index in [1.165, 1.54) is 0 Å². The lowest BCUT2D eigenvalue weighted by Gasteiger charge is -2.28. The molecule has 0 aromatic heterocycles. The molecular formula is C44H40O7. The summed E-state index contributed by atoms with van der Waals surface area (Å²) in [6.45, 7) is 10.9. The molecule has 1 aliphatic carbocycles. The van der Waals surface area contributed by atoms with Crippen LogP contribution in [-0.4, -0.2) is 25.2 Å². The molecule has 0 aliphatic heterocycles. The van der Waals surface area contributed by atoms with Gasteiger partial charge in [0.1, 0.15) is 36.2 Å². The maximum atomic E-state index is 12.7. The number of hydrogen-bond donors (Lipinski definition) is 0. The van der Waals surface area contributed by atoms with Crippen LogP contribution in [0.4, 0.5) is 0 Å². The predicted octanol–water partition coefficient (Wildman–Crippen LogP) is 9.38. The second kappa shape index (κ2) is 16.1. The average molecular weight is 681 g/mol. The first-order valence-corrected chi connectivity index (χ1v) is 16.8. The quantitative estimate of drug-likeness (QED) is 0.0854. The van der Waals surface area contributed by atoms with E-state index in [0.717, 1.165) is 44.5 Å². The first-order valence-electron chi connectivity index (χ1n) is 16.8. The third-order valence-corrected chi connectivity index (χ3v) is 8.50. The van der Waals surface area contributed by atoms with E-state index in [4.69, 9.17) is 23.7 Å². The molecule has 0 radical (unpaired) electrons. The van der Waals surface area contributed by atoms with Gasteiger partial charge < -0.3 is 23.7 Å². The Balaban J connectivity index is 1.40. The Hall–Kier alpha value is -6.08. The summed E-state index contributed by atoms with van der Waals surface area (Å²) in [6, 6.07) is 36.5. The molecule has 0 N–H and O–H groups in total. The van der Waals surface area contributed by atoms with Gasteiger partial charge in [-0.2, -0.15) is 0 Å². The lowest BCUT2D eigenvalue weighted by atomic mass is 9.89. The van der Waals surface area contributed by atoms with Gasteiger partial charge in [0.25, 0.3) is 0 Å². The number of para-hydroxylation sites is 1. The number of benzene rings is 5. The molecule has 0 amide bonds. The highest BCUT2D eigenvalue weighted by molar-refractivity contribution is 5.96. The highest BCUT2D eigenvalue weighted by Gasteiger charge is 2.28. The van der Waals surface area contributed by atoms with E-state index < -0.39 is 24.1 Å². The Morgan fingerprint density at radius 3 is 1.51 bits per heavy atom. The molecule has 0 bridgehead atoms. The van der Waals surface area contributed by atoms with Crippen LogP contribution in [0.3, 0.4) is 0 Å². The summed E-state index contributed by atoms with van der Waals surface area (Å²) in [5, 5.41) is 1.65. The van der Waals surface area contributed by atoms with E-state index in [0.29, 0.717) is 35.5 Å². The van der Waals surface area contributed by atoms with Gasteiger partial charge in [-0.15, -0.1) is 0 Å². The second-order valence-electron chi connectivity index (χ2n) is 12.4. The molecule has 2 unspecified atom stereocenters. The monoisotopic (exact) mass is 680 g/mol. The second-order valence-corrected chi connectivity index (χ2v) is 12.4. The lowest BCUT2D eigenvalue weighted by Crippen LogP contribution is -2.21. The molecule has 0 spiro atoms. The molecule has 7 nitrogen and oxygen atoms in total. The lowest BCUT2D eigenvalue weighted by molar-refractivity contribution is -0.147. The Morgan fingerprint density at radius 1 is 0.608 bits per heavy atom. The highest BCUT2D eigenvalue weighted by atomic mass is 16.6. The van der Waals surface area contributed by atoms with Crippen LogP contribution in [0.5, 0.6) is 17.2 Å². The zero-order chi connectivity index (χ0) is 35.7. The minimum atomic E-state index is -0.686. The fourth-order valence-corrected chi connectivity index (χ4v) is 5.90. The van der Waals surface area contributed by atoms with Crippen LogP contribution in [0, 0.1) is 0 Å². The van der Waals surface area contributed by atoms with Gasteiger partial charge in [0.15, 0.2) is 12.2 Å². The summed E-state index contributed by atoms with van der Waals surface area (Å²) in [7, 11) is 0. The standard InChI is InChI=1S/C44H40O7/c1-29(2)43(45)50-39(31-16-8-5-9-17-31)27-47-41-35-22-14-15-23-36(35)42(38-26-34(24-25-37(38)41)49-33-20-12-7-13-21-33)48-28-40(51-44(46)30(3)4)32-18-10-6-11-19-32/h5-24,39-40H,1,3,25-28H2,2,4H3. The average Bonchev–Trinajstić information content (AvgIpc) is 3.15.